The number of aryl methyl sites for hydroxylation is 1. The van der Waals surface area contributed by atoms with Gasteiger partial charge in [0.1, 0.15) is 11.5 Å². The number of carbonyl (C=O) groups is 1. The summed E-state index contributed by atoms with van der Waals surface area (Å²) >= 11 is 1.48. The first-order valence-corrected chi connectivity index (χ1v) is 12.5. The van der Waals surface area contributed by atoms with Crippen molar-refractivity contribution < 1.29 is 22.7 Å². The highest BCUT2D eigenvalue weighted by Crippen LogP contribution is 2.26. The lowest BCUT2D eigenvalue weighted by molar-refractivity contribution is -0.131. The van der Waals surface area contributed by atoms with E-state index in [0.717, 1.165) is 11.3 Å². The van der Waals surface area contributed by atoms with Gasteiger partial charge in [0.15, 0.2) is 0 Å². The zero-order valence-corrected chi connectivity index (χ0v) is 19.8. The molecule has 6 nitrogen and oxygen atoms in total. The molecule has 3 aromatic rings. The van der Waals surface area contributed by atoms with Crippen molar-refractivity contribution in [3.63, 3.8) is 0 Å². The number of thioether (sulfide) groups is 1. The lowest BCUT2D eigenvalue weighted by Crippen LogP contribution is -2.26. The molecule has 0 N–H and O–H groups in total. The first-order valence-electron chi connectivity index (χ1n) is 9.86. The van der Waals surface area contributed by atoms with Gasteiger partial charge in [-0.2, -0.15) is 0 Å². The fraction of sp³-hybridized carbons (Fsp3) is 0.208. The molecule has 0 radical (unpaired) electrons. The topological polar surface area (TPSA) is 72.9 Å². The van der Waals surface area contributed by atoms with Gasteiger partial charge < -0.3 is 9.47 Å². The quantitative estimate of drug-likeness (QED) is 0.334. The maximum Gasteiger partial charge on any atom is 0.321 e. The summed E-state index contributed by atoms with van der Waals surface area (Å²) in [6, 6.07) is 20.7. The zero-order chi connectivity index (χ0) is 23.1. The van der Waals surface area contributed by atoms with Crippen molar-refractivity contribution in [2.75, 3.05) is 24.2 Å². The van der Waals surface area contributed by atoms with Gasteiger partial charge in [-0.05, 0) is 61.0 Å². The summed E-state index contributed by atoms with van der Waals surface area (Å²) in [6.45, 7) is 2.03. The van der Waals surface area contributed by atoms with Crippen LogP contribution in [0.15, 0.2) is 77.7 Å². The minimum atomic E-state index is -3.73. The Kier molecular flexibility index (Phi) is 7.82. The summed E-state index contributed by atoms with van der Waals surface area (Å²) in [7, 11) is -0.732. The molecule has 0 heterocycles. The summed E-state index contributed by atoms with van der Waals surface area (Å²) in [5.41, 5.74) is 2.80. The van der Waals surface area contributed by atoms with Crippen LogP contribution in [0.4, 0.5) is 5.69 Å². The van der Waals surface area contributed by atoms with Gasteiger partial charge in [0, 0.05) is 12.8 Å². The second-order valence-electron chi connectivity index (χ2n) is 7.09. The molecular formula is C24H25NO5S2. The van der Waals surface area contributed by atoms with E-state index in [1.165, 1.54) is 47.9 Å². The number of sulfonamides is 1. The molecule has 0 aliphatic heterocycles. The summed E-state index contributed by atoms with van der Waals surface area (Å²) in [5, 5.41) is 0. The molecule has 3 rings (SSSR count). The fourth-order valence-corrected chi connectivity index (χ4v) is 4.82. The summed E-state index contributed by atoms with van der Waals surface area (Å²) in [6.07, 6.45) is 0. The van der Waals surface area contributed by atoms with E-state index in [0.29, 0.717) is 17.2 Å². The highest BCUT2D eigenvalue weighted by atomic mass is 32.2. The van der Waals surface area contributed by atoms with Crippen LogP contribution in [0.2, 0.25) is 0 Å². The molecule has 3 aromatic carbocycles. The van der Waals surface area contributed by atoms with Crippen LogP contribution in [-0.2, 0) is 20.6 Å². The number of hydrogen-bond acceptors (Lipinski definition) is 6. The Balaban J connectivity index is 1.56. The van der Waals surface area contributed by atoms with E-state index in [9.17, 15) is 13.2 Å². The largest absolute Gasteiger partial charge is 0.497 e. The molecule has 0 saturated heterocycles. The van der Waals surface area contributed by atoms with Crippen LogP contribution in [0.5, 0.6) is 11.5 Å². The van der Waals surface area contributed by atoms with Crippen molar-refractivity contribution in [1.29, 1.82) is 0 Å². The molecule has 0 aliphatic carbocycles. The Morgan fingerprint density at radius 2 is 1.50 bits per heavy atom. The van der Waals surface area contributed by atoms with E-state index in [1.54, 1.807) is 36.4 Å². The van der Waals surface area contributed by atoms with Gasteiger partial charge in [-0.25, -0.2) is 8.42 Å². The first-order chi connectivity index (χ1) is 15.3. The molecule has 0 amide bonds. The van der Waals surface area contributed by atoms with Gasteiger partial charge in [-0.3, -0.25) is 9.10 Å². The molecule has 0 saturated carbocycles. The first kappa shape index (κ1) is 23.7. The monoisotopic (exact) mass is 471 g/mol. The Bertz CT molecular complexity index is 1140. The summed E-state index contributed by atoms with van der Waals surface area (Å²) < 4.78 is 37.3. The van der Waals surface area contributed by atoms with E-state index >= 15 is 0 Å². The number of methoxy groups -OCH3 is 1. The lowest BCUT2D eigenvalue weighted by Gasteiger charge is -2.20. The minimum Gasteiger partial charge on any atom is -0.497 e. The van der Waals surface area contributed by atoms with Gasteiger partial charge in [0.05, 0.1) is 23.4 Å². The van der Waals surface area contributed by atoms with Crippen molar-refractivity contribution in [3.05, 3.63) is 83.9 Å². The second kappa shape index (κ2) is 10.6. The van der Waals surface area contributed by atoms with E-state index in [1.807, 2.05) is 31.2 Å². The number of hydrogen-bond donors (Lipinski definition) is 0. The number of nitrogens with zero attached hydrogens (tertiary/aromatic N) is 1. The summed E-state index contributed by atoms with van der Waals surface area (Å²) in [4.78, 5) is 12.3. The molecule has 0 aliphatic rings. The van der Waals surface area contributed by atoms with Gasteiger partial charge in [-0.15, -0.1) is 11.8 Å². The zero-order valence-electron chi connectivity index (χ0n) is 18.1. The highest BCUT2D eigenvalue weighted by Gasteiger charge is 2.21. The van der Waals surface area contributed by atoms with E-state index in [4.69, 9.17) is 9.47 Å². The molecule has 0 fully saturated rings. The molecule has 32 heavy (non-hydrogen) atoms. The standard InChI is InChI=1S/C24H25NO5S2/c1-18-4-6-19(7-5-18)16-31-17-24(26)30-22-10-8-20(9-11-22)25(2)32(27,28)23-14-12-21(29-3)13-15-23/h4-15H,16-17H2,1-3H3. The molecule has 0 atom stereocenters. The van der Waals surface area contributed by atoms with Crippen molar-refractivity contribution in [1.82, 2.24) is 0 Å². The third-order valence-corrected chi connectivity index (χ3v) is 7.54. The Labute approximate surface area is 193 Å². The van der Waals surface area contributed by atoms with Gasteiger partial charge in [0.2, 0.25) is 0 Å². The van der Waals surface area contributed by atoms with Crippen LogP contribution in [-0.4, -0.2) is 34.3 Å². The lowest BCUT2D eigenvalue weighted by atomic mass is 10.2. The number of ether oxygens (including phenoxy) is 2. The van der Waals surface area contributed by atoms with Crippen molar-refractivity contribution in [3.8, 4) is 11.5 Å². The third-order valence-electron chi connectivity index (χ3n) is 4.76. The maximum atomic E-state index is 12.8. The average Bonchev–Trinajstić information content (AvgIpc) is 2.80. The molecule has 0 aromatic heterocycles. The molecule has 168 valence electrons. The number of anilines is 1. The van der Waals surface area contributed by atoms with Gasteiger partial charge in [-0.1, -0.05) is 29.8 Å². The van der Waals surface area contributed by atoms with Crippen molar-refractivity contribution in [2.24, 2.45) is 0 Å². The molecular weight excluding hydrogens is 446 g/mol. The number of rotatable bonds is 9. The van der Waals surface area contributed by atoms with E-state index in [2.05, 4.69) is 0 Å². The van der Waals surface area contributed by atoms with Crippen molar-refractivity contribution in [2.45, 2.75) is 17.6 Å². The molecule has 8 heteroatoms. The third kappa shape index (κ3) is 6.05. The van der Waals surface area contributed by atoms with E-state index in [-0.39, 0.29) is 16.6 Å². The van der Waals surface area contributed by atoms with Gasteiger partial charge >= 0.3 is 5.97 Å². The van der Waals surface area contributed by atoms with Crippen LogP contribution < -0.4 is 13.8 Å². The predicted octanol–water partition coefficient (Wildman–Crippen LogP) is 4.67. The van der Waals surface area contributed by atoms with Crippen LogP contribution in [0, 0.1) is 6.92 Å². The minimum absolute atomic E-state index is 0.155. The summed E-state index contributed by atoms with van der Waals surface area (Å²) in [5.74, 6) is 1.54. The van der Waals surface area contributed by atoms with Gasteiger partial charge in [0.25, 0.3) is 10.0 Å². The van der Waals surface area contributed by atoms with E-state index < -0.39 is 10.0 Å². The van der Waals surface area contributed by atoms with Crippen LogP contribution in [0.25, 0.3) is 0 Å². The van der Waals surface area contributed by atoms with Crippen molar-refractivity contribution >= 4 is 33.4 Å². The molecule has 0 unspecified atom stereocenters. The average molecular weight is 472 g/mol. The predicted molar refractivity (Wildman–Crippen MR) is 128 cm³/mol. The Morgan fingerprint density at radius 1 is 0.906 bits per heavy atom. The normalized spacial score (nSPS) is 11.1. The van der Waals surface area contributed by atoms with Crippen LogP contribution in [0.1, 0.15) is 11.1 Å². The fourth-order valence-electron chi connectivity index (χ4n) is 2.87. The second-order valence-corrected chi connectivity index (χ2v) is 10.0. The maximum absolute atomic E-state index is 12.8. The Morgan fingerprint density at radius 3 is 2.09 bits per heavy atom. The number of benzene rings is 3. The molecule has 0 bridgehead atoms. The Hall–Kier alpha value is -2.97. The highest BCUT2D eigenvalue weighted by molar-refractivity contribution is 7.99. The number of esters is 1. The van der Waals surface area contributed by atoms with Crippen LogP contribution >= 0.6 is 11.8 Å². The molecule has 0 spiro atoms. The SMILES string of the molecule is COc1ccc(S(=O)(=O)N(C)c2ccc(OC(=O)CSCc3ccc(C)cc3)cc2)cc1. The number of carbonyl (C=O) groups excluding carboxylic acids is 1. The van der Waals surface area contributed by atoms with Crippen LogP contribution in [0.3, 0.4) is 0 Å². The smallest absolute Gasteiger partial charge is 0.321 e.